The van der Waals surface area contributed by atoms with E-state index in [-0.39, 0.29) is 37.7 Å². The maximum absolute atomic E-state index is 11.3. The van der Waals surface area contributed by atoms with Gasteiger partial charge in [0.2, 0.25) is 11.8 Å². The highest BCUT2D eigenvalue weighted by Crippen LogP contribution is 2.45. The number of nitrogens with one attached hydrogen (secondary N) is 2. The van der Waals surface area contributed by atoms with Gasteiger partial charge in [-0.2, -0.15) is 0 Å². The molecule has 1 aromatic carbocycles. The van der Waals surface area contributed by atoms with E-state index in [1.165, 1.54) is 13.8 Å². The van der Waals surface area contributed by atoms with Crippen LogP contribution in [0.3, 0.4) is 0 Å². The number of amides is 2. The van der Waals surface area contributed by atoms with Gasteiger partial charge in [-0.25, -0.2) is 4.79 Å². The third-order valence-electron chi connectivity index (χ3n) is 2.13. The summed E-state index contributed by atoms with van der Waals surface area (Å²) >= 11 is 9.53. The second-order valence-electron chi connectivity index (χ2n) is 3.73. The average molecular weight is 473 g/mol. The number of carboxylic acid groups (broad SMARTS) is 1. The summed E-state index contributed by atoms with van der Waals surface area (Å²) in [6.07, 6.45) is 0. The van der Waals surface area contributed by atoms with Crippen molar-refractivity contribution in [1.82, 2.24) is 0 Å². The zero-order valence-electron chi connectivity index (χ0n) is 10.3. The number of benzene rings is 1. The fourth-order valence-corrected chi connectivity index (χ4v) is 4.15. The highest BCUT2D eigenvalue weighted by atomic mass is 79.9. The Bertz CT molecular complexity index is 573. The van der Waals surface area contributed by atoms with E-state index in [9.17, 15) is 19.5 Å². The molecule has 9 heteroatoms. The minimum atomic E-state index is -1.21. The van der Waals surface area contributed by atoms with Gasteiger partial charge in [0.1, 0.15) is 0 Å². The lowest BCUT2D eigenvalue weighted by molar-refractivity contribution is -0.115. The molecule has 20 heavy (non-hydrogen) atoms. The third-order valence-corrected chi connectivity index (χ3v) is 4.51. The van der Waals surface area contributed by atoms with Crippen LogP contribution in [-0.2, 0) is 9.59 Å². The molecule has 0 aliphatic carbocycles. The fraction of sp³-hybridized carbons (Fsp3) is 0.182. The van der Waals surface area contributed by atoms with Gasteiger partial charge in [-0.3, -0.25) is 9.59 Å². The Morgan fingerprint density at radius 3 is 1.45 bits per heavy atom. The minimum Gasteiger partial charge on any atom is -0.478 e. The van der Waals surface area contributed by atoms with Crippen LogP contribution in [0.25, 0.3) is 0 Å². The molecule has 0 atom stereocenters. The molecule has 6 nitrogen and oxygen atoms in total. The Balaban J connectivity index is 3.68. The molecular weight excluding hydrogens is 464 g/mol. The standard InChI is InChI=1S/C11H9Br3N2O4/c1-3(17)15-9-6(12)5(11(19)20)7(13)10(8(9)14)16-4(2)18/h1-2H3,(H,15,17)(H,16,18)(H,19,20). The van der Waals surface area contributed by atoms with Gasteiger partial charge in [0.05, 0.1) is 30.4 Å². The summed E-state index contributed by atoms with van der Waals surface area (Å²) in [5.74, 6) is -1.97. The molecule has 0 unspecified atom stereocenters. The number of anilines is 2. The molecule has 3 N–H and O–H groups in total. The van der Waals surface area contributed by atoms with E-state index in [1.54, 1.807) is 0 Å². The van der Waals surface area contributed by atoms with Crippen LogP contribution in [0.1, 0.15) is 24.2 Å². The summed E-state index contributed by atoms with van der Waals surface area (Å²) in [6.45, 7) is 2.58. The van der Waals surface area contributed by atoms with Crippen LogP contribution in [-0.4, -0.2) is 22.9 Å². The molecule has 0 saturated carbocycles. The summed E-state index contributed by atoms with van der Waals surface area (Å²) in [4.78, 5) is 33.8. The molecule has 0 bridgehead atoms. The lowest BCUT2D eigenvalue weighted by atomic mass is 10.1. The highest BCUT2D eigenvalue weighted by molar-refractivity contribution is 9.12. The van der Waals surface area contributed by atoms with Gasteiger partial charge >= 0.3 is 5.97 Å². The van der Waals surface area contributed by atoms with Crippen molar-refractivity contribution >= 4 is 76.9 Å². The summed E-state index contributed by atoms with van der Waals surface area (Å²) in [5, 5.41) is 14.3. The maximum atomic E-state index is 11.3. The smallest absolute Gasteiger partial charge is 0.338 e. The predicted molar refractivity (Wildman–Crippen MR) is 85.1 cm³/mol. The Kier molecular flexibility index (Phi) is 5.72. The first-order chi connectivity index (χ1) is 9.16. The number of aromatic carboxylic acids is 1. The molecule has 108 valence electrons. The van der Waals surface area contributed by atoms with Crippen molar-refractivity contribution in [2.75, 3.05) is 10.6 Å². The number of rotatable bonds is 3. The second kappa shape index (κ2) is 6.68. The first-order valence-corrected chi connectivity index (χ1v) is 7.53. The molecule has 1 rings (SSSR count). The van der Waals surface area contributed by atoms with Crippen molar-refractivity contribution in [3.05, 3.63) is 19.0 Å². The topological polar surface area (TPSA) is 95.5 Å². The van der Waals surface area contributed by atoms with Crippen molar-refractivity contribution < 1.29 is 19.5 Å². The molecule has 0 heterocycles. The van der Waals surface area contributed by atoms with E-state index in [2.05, 4.69) is 58.4 Å². The van der Waals surface area contributed by atoms with Crippen molar-refractivity contribution in [1.29, 1.82) is 0 Å². The van der Waals surface area contributed by atoms with Crippen molar-refractivity contribution in [3.63, 3.8) is 0 Å². The van der Waals surface area contributed by atoms with Crippen LogP contribution >= 0.6 is 47.8 Å². The summed E-state index contributed by atoms with van der Waals surface area (Å²) in [5.41, 5.74) is 0.337. The zero-order chi connectivity index (χ0) is 15.6. The SMILES string of the molecule is CC(=O)Nc1c(Br)c(NC(C)=O)c(Br)c(C(=O)O)c1Br. The van der Waals surface area contributed by atoms with Crippen LogP contribution in [0.5, 0.6) is 0 Å². The number of hydrogen-bond acceptors (Lipinski definition) is 3. The minimum absolute atomic E-state index is 0.110. The van der Waals surface area contributed by atoms with Crippen LogP contribution in [0, 0.1) is 0 Å². The molecular formula is C11H9Br3N2O4. The number of halogens is 3. The highest BCUT2D eigenvalue weighted by Gasteiger charge is 2.25. The van der Waals surface area contributed by atoms with Crippen molar-refractivity contribution in [2.45, 2.75) is 13.8 Å². The van der Waals surface area contributed by atoms with E-state index in [4.69, 9.17) is 0 Å². The summed E-state index contributed by atoms with van der Waals surface area (Å²) < 4.78 is 0.729. The van der Waals surface area contributed by atoms with Gasteiger partial charge in [-0.15, -0.1) is 0 Å². The maximum Gasteiger partial charge on any atom is 0.338 e. The van der Waals surface area contributed by atoms with Gasteiger partial charge in [-0.1, -0.05) is 0 Å². The van der Waals surface area contributed by atoms with Crippen LogP contribution in [0.4, 0.5) is 11.4 Å². The van der Waals surface area contributed by atoms with Crippen LogP contribution in [0.15, 0.2) is 13.4 Å². The van der Waals surface area contributed by atoms with E-state index >= 15 is 0 Å². The molecule has 0 aliphatic rings. The van der Waals surface area contributed by atoms with Crippen LogP contribution in [0.2, 0.25) is 0 Å². The monoisotopic (exact) mass is 470 g/mol. The average Bonchev–Trinajstić information content (AvgIpc) is 2.29. The molecule has 0 fully saturated rings. The van der Waals surface area contributed by atoms with E-state index in [0.717, 1.165) is 0 Å². The predicted octanol–water partition coefficient (Wildman–Crippen LogP) is 3.59. The quantitative estimate of drug-likeness (QED) is 0.626. The van der Waals surface area contributed by atoms with Crippen molar-refractivity contribution in [2.24, 2.45) is 0 Å². The lowest BCUT2D eigenvalue weighted by Gasteiger charge is -2.17. The largest absolute Gasteiger partial charge is 0.478 e. The Hall–Kier alpha value is -0.930. The molecule has 2 amide bonds. The van der Waals surface area contributed by atoms with Gasteiger partial charge in [0, 0.05) is 13.8 Å². The molecule has 0 spiro atoms. The normalized spacial score (nSPS) is 10.1. The Morgan fingerprint density at radius 2 is 1.20 bits per heavy atom. The first kappa shape index (κ1) is 17.1. The van der Waals surface area contributed by atoms with Gasteiger partial charge in [-0.05, 0) is 47.8 Å². The molecule has 0 aliphatic heterocycles. The second-order valence-corrected chi connectivity index (χ2v) is 6.11. The van der Waals surface area contributed by atoms with Gasteiger partial charge in [0.25, 0.3) is 0 Å². The number of carbonyl (C=O) groups excluding carboxylic acids is 2. The van der Waals surface area contributed by atoms with Gasteiger partial charge in [0.15, 0.2) is 0 Å². The van der Waals surface area contributed by atoms with Gasteiger partial charge < -0.3 is 15.7 Å². The Labute approximate surface area is 139 Å². The van der Waals surface area contributed by atoms with E-state index < -0.39 is 5.97 Å². The number of hydrogen-bond donors (Lipinski definition) is 3. The van der Waals surface area contributed by atoms with Crippen molar-refractivity contribution in [3.8, 4) is 0 Å². The number of carboxylic acids is 1. The fourth-order valence-electron chi connectivity index (χ4n) is 1.42. The summed E-state index contributed by atoms with van der Waals surface area (Å²) in [7, 11) is 0. The molecule has 0 saturated heterocycles. The molecule has 1 aromatic rings. The molecule has 0 radical (unpaired) electrons. The first-order valence-electron chi connectivity index (χ1n) is 5.15. The van der Waals surface area contributed by atoms with E-state index in [0.29, 0.717) is 4.47 Å². The lowest BCUT2D eigenvalue weighted by Crippen LogP contribution is -2.14. The molecule has 0 aromatic heterocycles. The summed E-state index contributed by atoms with van der Waals surface area (Å²) in [6, 6.07) is 0. The van der Waals surface area contributed by atoms with E-state index in [1.807, 2.05) is 0 Å². The number of carbonyl (C=O) groups is 3. The Morgan fingerprint density at radius 1 is 0.850 bits per heavy atom. The third kappa shape index (κ3) is 3.58. The van der Waals surface area contributed by atoms with Crippen LogP contribution < -0.4 is 10.6 Å². The zero-order valence-corrected chi connectivity index (χ0v) is 15.1.